The van der Waals surface area contributed by atoms with Crippen molar-refractivity contribution >= 4 is 16.8 Å². The van der Waals surface area contributed by atoms with Gasteiger partial charge in [-0.25, -0.2) is 13.8 Å². The minimum atomic E-state index is -1.23. The number of pyridine rings is 1. The molecule has 0 N–H and O–H groups in total. The number of ether oxygens (including phenoxy) is 1. The Morgan fingerprint density at radius 2 is 1.74 bits per heavy atom. The van der Waals surface area contributed by atoms with E-state index in [1.165, 1.54) is 18.2 Å². The van der Waals surface area contributed by atoms with Gasteiger partial charge in [0.05, 0.1) is 28.5 Å². The van der Waals surface area contributed by atoms with Gasteiger partial charge in [-0.3, -0.25) is 14.8 Å². The van der Waals surface area contributed by atoms with Gasteiger partial charge >= 0.3 is 0 Å². The van der Waals surface area contributed by atoms with Crippen molar-refractivity contribution in [2.45, 2.75) is 6.61 Å². The molecule has 5 nitrogen and oxygen atoms in total. The Morgan fingerprint density at radius 1 is 0.882 bits per heavy atom. The fourth-order valence-corrected chi connectivity index (χ4v) is 3.52. The predicted molar refractivity (Wildman–Crippen MR) is 123 cm³/mol. The molecule has 0 radical (unpaired) electrons. The third-order valence-corrected chi connectivity index (χ3v) is 5.26. The minimum Gasteiger partial charge on any atom is -0.489 e. The van der Waals surface area contributed by atoms with Gasteiger partial charge in [-0.05, 0) is 42.0 Å². The molecule has 0 aliphatic carbocycles. The van der Waals surface area contributed by atoms with Crippen molar-refractivity contribution in [3.8, 4) is 17.0 Å². The van der Waals surface area contributed by atoms with Gasteiger partial charge in [0.15, 0.2) is 17.4 Å². The number of aromatic nitrogens is 3. The van der Waals surface area contributed by atoms with Crippen LogP contribution in [-0.4, -0.2) is 20.7 Å². The van der Waals surface area contributed by atoms with Crippen molar-refractivity contribution < 1.29 is 18.3 Å². The molecule has 0 aliphatic rings. The van der Waals surface area contributed by atoms with Crippen LogP contribution in [0.5, 0.6) is 5.75 Å². The number of fused-ring (bicyclic) bond motifs is 1. The summed E-state index contributed by atoms with van der Waals surface area (Å²) in [6, 6.07) is 19.7. The molecular formula is C27H17F2N3O2. The van der Waals surface area contributed by atoms with E-state index >= 15 is 0 Å². The smallest absolute Gasteiger partial charge is 0.196 e. The van der Waals surface area contributed by atoms with E-state index in [9.17, 15) is 13.6 Å². The van der Waals surface area contributed by atoms with E-state index in [2.05, 4.69) is 15.0 Å². The Hall–Kier alpha value is -4.52. The zero-order chi connectivity index (χ0) is 23.5. The summed E-state index contributed by atoms with van der Waals surface area (Å²) >= 11 is 0. The highest BCUT2D eigenvalue weighted by Gasteiger charge is 2.20. The fourth-order valence-electron chi connectivity index (χ4n) is 3.52. The molecule has 0 atom stereocenters. The van der Waals surface area contributed by atoms with Crippen molar-refractivity contribution in [3.63, 3.8) is 0 Å². The third-order valence-electron chi connectivity index (χ3n) is 5.26. The number of hydrogen-bond donors (Lipinski definition) is 0. The van der Waals surface area contributed by atoms with Crippen LogP contribution in [0.1, 0.15) is 21.5 Å². The van der Waals surface area contributed by atoms with Crippen LogP contribution in [0.15, 0.2) is 91.4 Å². The quantitative estimate of drug-likeness (QED) is 0.305. The molecule has 0 bridgehead atoms. The predicted octanol–water partition coefficient (Wildman–Crippen LogP) is 5.78. The van der Waals surface area contributed by atoms with Crippen LogP contribution in [0.4, 0.5) is 8.78 Å². The summed E-state index contributed by atoms with van der Waals surface area (Å²) in [7, 11) is 0. The molecule has 0 saturated carbocycles. The van der Waals surface area contributed by atoms with Crippen molar-refractivity contribution in [3.05, 3.63) is 120 Å². The average molecular weight is 453 g/mol. The SMILES string of the molecule is O=C(c1ccc2ncc(-c3cccnc3)nc2c1)c1cc(OCc2ccccc2)cc(F)c1F. The lowest BCUT2D eigenvalue weighted by atomic mass is 10.0. The van der Waals surface area contributed by atoms with Gasteiger partial charge in [-0.2, -0.15) is 0 Å². The largest absolute Gasteiger partial charge is 0.489 e. The van der Waals surface area contributed by atoms with Gasteiger partial charge in [0.2, 0.25) is 0 Å². The van der Waals surface area contributed by atoms with Crippen molar-refractivity contribution in [1.82, 2.24) is 15.0 Å². The van der Waals surface area contributed by atoms with Gasteiger partial charge in [-0.15, -0.1) is 0 Å². The van der Waals surface area contributed by atoms with E-state index in [4.69, 9.17) is 4.74 Å². The lowest BCUT2D eigenvalue weighted by Gasteiger charge is -2.10. The first kappa shape index (κ1) is 21.3. The maximum absolute atomic E-state index is 14.6. The van der Waals surface area contributed by atoms with E-state index in [-0.39, 0.29) is 17.9 Å². The standard InChI is InChI=1S/C27H17F2N3O2/c28-22-13-20(34-16-17-5-2-1-3-6-17)12-21(26(22)29)27(33)18-8-9-23-24(11-18)32-25(15-31-23)19-7-4-10-30-14-19/h1-15H,16H2. The summed E-state index contributed by atoms with van der Waals surface area (Å²) in [5.41, 5.74) is 2.96. The molecule has 3 aromatic carbocycles. The Morgan fingerprint density at radius 3 is 2.53 bits per heavy atom. The average Bonchev–Trinajstić information content (AvgIpc) is 2.89. The molecule has 0 spiro atoms. The number of ketones is 1. The number of benzene rings is 3. The maximum atomic E-state index is 14.6. The third kappa shape index (κ3) is 4.36. The van der Waals surface area contributed by atoms with Crippen LogP contribution in [0.25, 0.3) is 22.3 Å². The van der Waals surface area contributed by atoms with Crippen LogP contribution in [0.3, 0.4) is 0 Å². The summed E-state index contributed by atoms with van der Waals surface area (Å²) in [5.74, 6) is -3.01. The molecule has 0 fully saturated rings. The summed E-state index contributed by atoms with van der Waals surface area (Å²) in [6.07, 6.45) is 4.92. The zero-order valence-corrected chi connectivity index (χ0v) is 17.8. The zero-order valence-electron chi connectivity index (χ0n) is 17.8. The fraction of sp³-hybridized carbons (Fsp3) is 0.0370. The maximum Gasteiger partial charge on any atom is 0.196 e. The van der Waals surface area contributed by atoms with Crippen LogP contribution < -0.4 is 4.74 Å². The Kier molecular flexibility index (Phi) is 5.74. The normalized spacial score (nSPS) is 10.9. The lowest BCUT2D eigenvalue weighted by Crippen LogP contribution is -2.08. The van der Waals surface area contributed by atoms with Gasteiger partial charge in [0.1, 0.15) is 12.4 Å². The second-order valence-electron chi connectivity index (χ2n) is 7.57. The second-order valence-corrected chi connectivity index (χ2v) is 7.57. The van der Waals surface area contributed by atoms with Gasteiger partial charge in [0, 0.05) is 29.6 Å². The number of nitrogens with zero attached hydrogens (tertiary/aromatic N) is 3. The summed E-state index contributed by atoms with van der Waals surface area (Å²) in [6.45, 7) is 0.155. The molecule has 5 aromatic rings. The highest BCUT2D eigenvalue weighted by atomic mass is 19.2. The molecule has 2 aromatic heterocycles. The van der Waals surface area contributed by atoms with Crippen LogP contribution >= 0.6 is 0 Å². The summed E-state index contributed by atoms with van der Waals surface area (Å²) in [5, 5.41) is 0. The molecule has 166 valence electrons. The second kappa shape index (κ2) is 9.15. The van der Waals surface area contributed by atoms with E-state index < -0.39 is 23.0 Å². The number of halogens is 2. The number of carbonyl (C=O) groups excluding carboxylic acids is 1. The van der Waals surface area contributed by atoms with E-state index in [0.29, 0.717) is 16.7 Å². The molecule has 2 heterocycles. The lowest BCUT2D eigenvalue weighted by molar-refractivity contribution is 0.103. The number of hydrogen-bond acceptors (Lipinski definition) is 5. The molecule has 5 rings (SSSR count). The molecule has 0 saturated heterocycles. The first-order chi connectivity index (χ1) is 16.6. The van der Waals surface area contributed by atoms with E-state index in [1.807, 2.05) is 36.4 Å². The molecule has 0 amide bonds. The van der Waals surface area contributed by atoms with Crippen molar-refractivity contribution in [1.29, 1.82) is 0 Å². The molecule has 34 heavy (non-hydrogen) atoms. The Bertz CT molecular complexity index is 1490. The van der Waals surface area contributed by atoms with Gasteiger partial charge < -0.3 is 4.74 Å². The highest BCUT2D eigenvalue weighted by molar-refractivity contribution is 6.10. The van der Waals surface area contributed by atoms with Crippen molar-refractivity contribution in [2.24, 2.45) is 0 Å². The van der Waals surface area contributed by atoms with E-state index in [1.54, 1.807) is 30.7 Å². The minimum absolute atomic E-state index is 0.0607. The monoisotopic (exact) mass is 453 g/mol. The Balaban J connectivity index is 1.47. The van der Waals surface area contributed by atoms with Crippen LogP contribution in [0, 0.1) is 11.6 Å². The highest BCUT2D eigenvalue weighted by Crippen LogP contribution is 2.25. The summed E-state index contributed by atoms with van der Waals surface area (Å²) in [4.78, 5) is 26.1. The molecule has 7 heteroatoms. The number of rotatable bonds is 6. The first-order valence-corrected chi connectivity index (χ1v) is 10.5. The van der Waals surface area contributed by atoms with Crippen LogP contribution in [-0.2, 0) is 6.61 Å². The van der Waals surface area contributed by atoms with Crippen molar-refractivity contribution in [2.75, 3.05) is 0 Å². The molecule has 0 unspecified atom stereocenters. The molecular weight excluding hydrogens is 436 g/mol. The topological polar surface area (TPSA) is 65.0 Å². The first-order valence-electron chi connectivity index (χ1n) is 10.5. The van der Waals surface area contributed by atoms with Crippen LogP contribution in [0.2, 0.25) is 0 Å². The Labute approximate surface area is 193 Å². The van der Waals surface area contributed by atoms with Gasteiger partial charge in [0.25, 0.3) is 0 Å². The number of carbonyl (C=O) groups is 1. The van der Waals surface area contributed by atoms with Gasteiger partial charge in [-0.1, -0.05) is 30.3 Å². The van der Waals surface area contributed by atoms with E-state index in [0.717, 1.165) is 17.2 Å². The summed E-state index contributed by atoms with van der Waals surface area (Å²) < 4.78 is 34.5. The molecule has 0 aliphatic heterocycles.